The van der Waals surface area contributed by atoms with Crippen molar-refractivity contribution in [2.75, 3.05) is 13.2 Å². The second kappa shape index (κ2) is 8.47. The summed E-state index contributed by atoms with van der Waals surface area (Å²) in [6.45, 7) is 5.04. The third-order valence-electron chi connectivity index (χ3n) is 5.01. The molecule has 1 N–H and O–H groups in total. The Morgan fingerprint density at radius 1 is 1.13 bits per heavy atom. The molecule has 3 aromatic rings. The summed E-state index contributed by atoms with van der Waals surface area (Å²) in [5, 5.41) is 18.3. The van der Waals surface area contributed by atoms with Crippen LogP contribution in [0.3, 0.4) is 0 Å². The normalized spacial score (nSPS) is 13.6. The Balaban J connectivity index is 1.54. The maximum Gasteiger partial charge on any atom is 0.272 e. The van der Waals surface area contributed by atoms with Crippen molar-refractivity contribution in [3.63, 3.8) is 0 Å². The zero-order valence-corrected chi connectivity index (χ0v) is 17.1. The Morgan fingerprint density at radius 2 is 1.90 bits per heavy atom. The van der Waals surface area contributed by atoms with Crippen molar-refractivity contribution < 1.29 is 19.2 Å². The topological polar surface area (TPSA) is 109 Å². The lowest BCUT2D eigenvalue weighted by Crippen LogP contribution is -2.32. The van der Waals surface area contributed by atoms with Crippen molar-refractivity contribution in [2.45, 2.75) is 19.9 Å². The van der Waals surface area contributed by atoms with Crippen molar-refractivity contribution in [3.05, 3.63) is 76.1 Å². The molecule has 1 aromatic heterocycles. The molecule has 2 heterocycles. The van der Waals surface area contributed by atoms with Gasteiger partial charge in [0.05, 0.1) is 16.7 Å². The lowest BCUT2D eigenvalue weighted by molar-refractivity contribution is -0.384. The van der Waals surface area contributed by atoms with E-state index in [0.29, 0.717) is 30.4 Å². The van der Waals surface area contributed by atoms with Gasteiger partial charge in [-0.05, 0) is 35.7 Å². The summed E-state index contributed by atoms with van der Waals surface area (Å²) in [5.74, 6) is 1.14. The number of nitrogens with zero attached hydrogens (tertiary/aromatic N) is 3. The third-order valence-corrected chi connectivity index (χ3v) is 5.01. The maximum absolute atomic E-state index is 12.9. The number of aromatic nitrogens is 2. The number of benzene rings is 2. The summed E-state index contributed by atoms with van der Waals surface area (Å²) in [6, 6.07) is 13.0. The summed E-state index contributed by atoms with van der Waals surface area (Å²) in [7, 11) is 0. The van der Waals surface area contributed by atoms with Gasteiger partial charge in [0.2, 0.25) is 0 Å². The van der Waals surface area contributed by atoms with Crippen LogP contribution in [0.25, 0.3) is 5.69 Å². The van der Waals surface area contributed by atoms with Crippen LogP contribution in [0.4, 0.5) is 5.69 Å². The van der Waals surface area contributed by atoms with Crippen LogP contribution in [0, 0.1) is 16.0 Å². The number of non-ortho nitro benzene ring substituents is 1. The molecular weight excluding hydrogens is 400 g/mol. The number of ether oxygens (including phenoxy) is 2. The number of fused-ring (bicyclic) bond motifs is 1. The van der Waals surface area contributed by atoms with Gasteiger partial charge in [0.25, 0.3) is 11.6 Å². The Morgan fingerprint density at radius 3 is 2.65 bits per heavy atom. The quantitative estimate of drug-likeness (QED) is 0.479. The minimum absolute atomic E-state index is 0.0440. The van der Waals surface area contributed by atoms with E-state index in [9.17, 15) is 14.9 Å². The van der Waals surface area contributed by atoms with E-state index in [2.05, 4.69) is 10.4 Å². The number of carbonyl (C=O) groups excluding carboxylic acids is 1. The van der Waals surface area contributed by atoms with Crippen LogP contribution < -0.4 is 14.8 Å². The van der Waals surface area contributed by atoms with Gasteiger partial charge >= 0.3 is 0 Å². The van der Waals surface area contributed by atoms with E-state index in [0.717, 1.165) is 5.56 Å². The molecule has 1 amide bonds. The number of carbonyl (C=O) groups is 1. The fraction of sp³-hybridized carbons (Fsp3) is 0.273. The van der Waals surface area contributed by atoms with Gasteiger partial charge in [0.15, 0.2) is 17.2 Å². The highest BCUT2D eigenvalue weighted by Gasteiger charge is 2.23. The number of nitrogens with one attached hydrogen (secondary N) is 1. The van der Waals surface area contributed by atoms with Crippen molar-refractivity contribution in [1.29, 1.82) is 0 Å². The molecular formula is C22H22N4O5. The van der Waals surface area contributed by atoms with Crippen LogP contribution in [-0.4, -0.2) is 33.8 Å². The van der Waals surface area contributed by atoms with Gasteiger partial charge in [-0.15, -0.1) is 0 Å². The average Bonchev–Trinajstić information content (AvgIpc) is 3.27. The summed E-state index contributed by atoms with van der Waals surface area (Å²) >= 11 is 0. The van der Waals surface area contributed by atoms with E-state index in [1.165, 1.54) is 16.8 Å². The number of nitro groups is 1. The van der Waals surface area contributed by atoms with E-state index in [1.807, 2.05) is 32.0 Å². The summed E-state index contributed by atoms with van der Waals surface area (Å²) in [5.41, 5.74) is 1.58. The molecule has 1 atom stereocenters. The minimum Gasteiger partial charge on any atom is -0.486 e. The molecule has 0 saturated carbocycles. The largest absolute Gasteiger partial charge is 0.486 e. The van der Waals surface area contributed by atoms with Gasteiger partial charge in [0, 0.05) is 18.3 Å². The number of nitro benzene ring substituents is 1. The molecule has 0 bridgehead atoms. The van der Waals surface area contributed by atoms with Gasteiger partial charge in [0.1, 0.15) is 13.2 Å². The van der Waals surface area contributed by atoms with E-state index in [4.69, 9.17) is 9.47 Å². The molecule has 0 fully saturated rings. The van der Waals surface area contributed by atoms with E-state index in [1.54, 1.807) is 24.4 Å². The average molecular weight is 422 g/mol. The highest BCUT2D eigenvalue weighted by Crippen LogP contribution is 2.34. The highest BCUT2D eigenvalue weighted by molar-refractivity contribution is 5.92. The van der Waals surface area contributed by atoms with Gasteiger partial charge in [-0.3, -0.25) is 14.9 Å². The van der Waals surface area contributed by atoms with Gasteiger partial charge < -0.3 is 14.8 Å². The molecule has 2 aromatic carbocycles. The molecule has 4 rings (SSSR count). The molecule has 1 aliphatic heterocycles. The van der Waals surface area contributed by atoms with Crippen molar-refractivity contribution >= 4 is 11.6 Å². The zero-order valence-electron chi connectivity index (χ0n) is 17.1. The highest BCUT2D eigenvalue weighted by atomic mass is 16.6. The smallest absolute Gasteiger partial charge is 0.272 e. The lowest BCUT2D eigenvalue weighted by atomic mass is 9.95. The standard InChI is InChI=1S/C22H22N4O5/c1-14(2)21(15-6-7-19-20(12-15)31-11-10-30-19)23-22(27)18-8-9-25(24-18)16-4-3-5-17(13-16)26(28)29/h3-9,12-14,21H,10-11H2,1-2H3,(H,23,27). The van der Waals surface area contributed by atoms with E-state index in [-0.39, 0.29) is 29.2 Å². The Labute approximate surface area is 178 Å². The molecule has 9 nitrogen and oxygen atoms in total. The van der Waals surface area contributed by atoms with E-state index >= 15 is 0 Å². The molecule has 0 radical (unpaired) electrons. The summed E-state index contributed by atoms with van der Waals surface area (Å²) < 4.78 is 12.7. The van der Waals surface area contributed by atoms with Crippen molar-refractivity contribution in [2.24, 2.45) is 5.92 Å². The Kier molecular flexibility index (Phi) is 5.57. The van der Waals surface area contributed by atoms with E-state index < -0.39 is 4.92 Å². The van der Waals surface area contributed by atoms with Crippen LogP contribution in [0.2, 0.25) is 0 Å². The van der Waals surface area contributed by atoms with Gasteiger partial charge in [-0.25, -0.2) is 4.68 Å². The predicted octanol–water partition coefficient (Wildman–Crippen LogP) is 3.68. The number of amides is 1. The molecule has 31 heavy (non-hydrogen) atoms. The molecule has 0 saturated heterocycles. The van der Waals surface area contributed by atoms with Crippen LogP contribution in [0.5, 0.6) is 11.5 Å². The second-order valence-electron chi connectivity index (χ2n) is 7.52. The first kappa shape index (κ1) is 20.4. The minimum atomic E-state index is -0.471. The zero-order chi connectivity index (χ0) is 22.0. The van der Waals surface area contributed by atoms with Crippen LogP contribution >= 0.6 is 0 Å². The first-order chi connectivity index (χ1) is 14.9. The Hall–Kier alpha value is -3.88. The fourth-order valence-corrected chi connectivity index (χ4v) is 3.44. The SMILES string of the molecule is CC(C)C(NC(=O)c1ccn(-c2cccc([N+](=O)[O-])c2)n1)c1ccc2c(c1)OCCO2. The molecule has 1 unspecified atom stereocenters. The van der Waals surface area contributed by atoms with Crippen molar-refractivity contribution in [3.8, 4) is 17.2 Å². The predicted molar refractivity (Wildman–Crippen MR) is 113 cm³/mol. The van der Waals surface area contributed by atoms with Gasteiger partial charge in [-0.1, -0.05) is 26.0 Å². The van der Waals surface area contributed by atoms with Crippen LogP contribution in [0.1, 0.15) is 35.9 Å². The molecule has 9 heteroatoms. The number of rotatable bonds is 6. The lowest BCUT2D eigenvalue weighted by Gasteiger charge is -2.25. The number of hydrogen-bond donors (Lipinski definition) is 1. The first-order valence-electron chi connectivity index (χ1n) is 9.93. The third kappa shape index (κ3) is 4.35. The number of hydrogen-bond acceptors (Lipinski definition) is 6. The molecule has 1 aliphatic rings. The Bertz CT molecular complexity index is 1120. The summed E-state index contributed by atoms with van der Waals surface area (Å²) in [6.07, 6.45) is 1.60. The van der Waals surface area contributed by atoms with Crippen LogP contribution in [0.15, 0.2) is 54.7 Å². The first-order valence-corrected chi connectivity index (χ1v) is 9.93. The van der Waals surface area contributed by atoms with Crippen LogP contribution in [-0.2, 0) is 0 Å². The fourth-order valence-electron chi connectivity index (χ4n) is 3.44. The van der Waals surface area contributed by atoms with Crippen molar-refractivity contribution in [1.82, 2.24) is 15.1 Å². The molecule has 0 spiro atoms. The second-order valence-corrected chi connectivity index (χ2v) is 7.52. The monoisotopic (exact) mass is 422 g/mol. The van der Waals surface area contributed by atoms with Gasteiger partial charge in [-0.2, -0.15) is 5.10 Å². The maximum atomic E-state index is 12.9. The molecule has 160 valence electrons. The summed E-state index contributed by atoms with van der Waals surface area (Å²) in [4.78, 5) is 23.4. The molecule has 0 aliphatic carbocycles.